The van der Waals surface area contributed by atoms with E-state index in [-0.39, 0.29) is 0 Å². The van der Waals surface area contributed by atoms with E-state index in [2.05, 4.69) is 22.3 Å². The molecule has 2 heterocycles. The number of hydrogen-bond donors (Lipinski definition) is 1. The molecule has 0 aliphatic carbocycles. The van der Waals surface area contributed by atoms with Crippen LogP contribution >= 0.6 is 0 Å². The third-order valence-corrected chi connectivity index (χ3v) is 2.07. The molecule has 0 saturated carbocycles. The van der Waals surface area contributed by atoms with Gasteiger partial charge in [-0.05, 0) is 45.1 Å². The Morgan fingerprint density at radius 1 is 1.15 bits per heavy atom. The molecule has 0 aromatic heterocycles. The minimum Gasteiger partial charge on any atom is -0.391 e. The van der Waals surface area contributed by atoms with Gasteiger partial charge in [0.1, 0.15) is 6.26 Å². The predicted octanol–water partition coefficient (Wildman–Crippen LogP) is 1.65. The van der Waals surface area contributed by atoms with E-state index in [1.807, 2.05) is 6.08 Å². The highest BCUT2D eigenvalue weighted by molar-refractivity contribution is 5.00. The molecular formula is C10H18N2O. The van der Waals surface area contributed by atoms with Crippen molar-refractivity contribution in [1.29, 1.82) is 0 Å². The lowest BCUT2D eigenvalue weighted by Gasteiger charge is -2.20. The van der Waals surface area contributed by atoms with E-state index in [9.17, 15) is 0 Å². The highest BCUT2D eigenvalue weighted by Gasteiger charge is 2.02. The van der Waals surface area contributed by atoms with Crippen molar-refractivity contribution < 1.29 is 4.84 Å². The van der Waals surface area contributed by atoms with Crippen LogP contribution in [0.4, 0.5) is 0 Å². The average Bonchev–Trinajstić information content (AvgIpc) is 2.22. The van der Waals surface area contributed by atoms with Gasteiger partial charge in [0.2, 0.25) is 0 Å². The minimum atomic E-state index is 1.32. The van der Waals surface area contributed by atoms with Crippen LogP contribution in [0.2, 0.25) is 0 Å². The molecule has 3 heteroatoms. The molecule has 0 amide bonds. The summed E-state index contributed by atoms with van der Waals surface area (Å²) in [5, 5.41) is 0. The zero-order valence-corrected chi connectivity index (χ0v) is 8.20. The van der Waals surface area contributed by atoms with Crippen molar-refractivity contribution in [2.45, 2.75) is 19.3 Å². The van der Waals surface area contributed by atoms with Gasteiger partial charge in [0.15, 0.2) is 0 Å². The Morgan fingerprint density at radius 3 is 2.15 bits per heavy atom. The van der Waals surface area contributed by atoms with Crippen molar-refractivity contribution in [3.8, 4) is 0 Å². The monoisotopic (exact) mass is 182 g/mol. The van der Waals surface area contributed by atoms with Gasteiger partial charge in [0.05, 0.1) is 0 Å². The predicted molar refractivity (Wildman–Crippen MR) is 53.8 cm³/mol. The third kappa shape index (κ3) is 5.31. The maximum absolute atomic E-state index is 4.55. The van der Waals surface area contributed by atoms with Crippen LogP contribution in [0.25, 0.3) is 0 Å². The zero-order valence-electron chi connectivity index (χ0n) is 8.20. The summed E-state index contributed by atoms with van der Waals surface area (Å²) >= 11 is 0. The summed E-state index contributed by atoms with van der Waals surface area (Å²) in [6, 6.07) is 0. The highest BCUT2D eigenvalue weighted by Crippen LogP contribution is 2.04. The zero-order chi connectivity index (χ0) is 9.36. The van der Waals surface area contributed by atoms with Crippen LogP contribution in [-0.4, -0.2) is 25.0 Å². The van der Waals surface area contributed by atoms with Crippen LogP contribution in [0.3, 0.4) is 0 Å². The first-order valence-corrected chi connectivity index (χ1v) is 4.81. The fraction of sp³-hybridized carbons (Fsp3) is 0.600. The molecule has 0 radical (unpaired) electrons. The number of likely N-dealkylation sites (tertiary alicyclic amines) is 1. The van der Waals surface area contributed by atoms with Gasteiger partial charge in [-0.3, -0.25) is 0 Å². The molecule has 74 valence electrons. The SMILES string of the molecule is C1=CNOC=C1.CN1CCCCC1. The lowest BCUT2D eigenvalue weighted by molar-refractivity contribution is 0.172. The summed E-state index contributed by atoms with van der Waals surface area (Å²) in [7, 11) is 2.19. The Hall–Kier alpha value is -0.960. The number of piperidine rings is 1. The van der Waals surface area contributed by atoms with Crippen LogP contribution in [-0.2, 0) is 4.84 Å². The number of hydroxylamine groups is 1. The Bertz CT molecular complexity index is 160. The van der Waals surface area contributed by atoms with Crippen LogP contribution in [0.5, 0.6) is 0 Å². The Kier molecular flexibility index (Phi) is 5.10. The Balaban J connectivity index is 0.000000132. The second-order valence-electron chi connectivity index (χ2n) is 3.29. The van der Waals surface area contributed by atoms with Gasteiger partial charge >= 0.3 is 0 Å². The molecule has 0 unspecified atom stereocenters. The lowest BCUT2D eigenvalue weighted by atomic mass is 10.1. The molecule has 0 bridgehead atoms. The minimum absolute atomic E-state index is 1.32. The second kappa shape index (κ2) is 6.54. The summed E-state index contributed by atoms with van der Waals surface area (Å²) in [6.45, 7) is 2.64. The molecule has 1 fully saturated rings. The second-order valence-corrected chi connectivity index (χ2v) is 3.29. The number of hydrogen-bond acceptors (Lipinski definition) is 3. The van der Waals surface area contributed by atoms with Gasteiger partial charge < -0.3 is 9.74 Å². The van der Waals surface area contributed by atoms with Crippen molar-refractivity contribution in [3.63, 3.8) is 0 Å². The molecule has 0 aromatic carbocycles. The quantitative estimate of drug-likeness (QED) is 0.616. The molecule has 1 N–H and O–H groups in total. The van der Waals surface area contributed by atoms with Crippen LogP contribution in [0, 0.1) is 0 Å². The molecule has 3 nitrogen and oxygen atoms in total. The summed E-state index contributed by atoms with van der Waals surface area (Å²) in [5.41, 5.74) is 2.52. The van der Waals surface area contributed by atoms with Crippen LogP contribution < -0.4 is 5.48 Å². The summed E-state index contributed by atoms with van der Waals surface area (Å²) in [6.07, 6.45) is 11.2. The Labute approximate surface area is 80.0 Å². The van der Waals surface area contributed by atoms with Gasteiger partial charge in [0, 0.05) is 6.20 Å². The van der Waals surface area contributed by atoms with Crippen molar-refractivity contribution >= 4 is 0 Å². The largest absolute Gasteiger partial charge is 0.391 e. The van der Waals surface area contributed by atoms with Crippen LogP contribution in [0.15, 0.2) is 24.6 Å². The maximum atomic E-state index is 4.55. The maximum Gasteiger partial charge on any atom is 0.119 e. The van der Waals surface area contributed by atoms with Gasteiger partial charge in [-0.15, -0.1) is 0 Å². The molecule has 0 aromatic rings. The van der Waals surface area contributed by atoms with Crippen molar-refractivity contribution in [2.24, 2.45) is 0 Å². The number of allylic oxidation sites excluding steroid dienone is 2. The number of nitrogens with zero attached hydrogens (tertiary/aromatic N) is 1. The highest BCUT2D eigenvalue weighted by atomic mass is 16.6. The summed E-state index contributed by atoms with van der Waals surface area (Å²) in [4.78, 5) is 6.94. The smallest absolute Gasteiger partial charge is 0.119 e. The molecule has 1 saturated heterocycles. The first kappa shape index (κ1) is 10.1. The van der Waals surface area contributed by atoms with Gasteiger partial charge in [-0.2, -0.15) is 0 Å². The first-order valence-electron chi connectivity index (χ1n) is 4.81. The molecule has 2 rings (SSSR count). The van der Waals surface area contributed by atoms with E-state index >= 15 is 0 Å². The molecule has 13 heavy (non-hydrogen) atoms. The van der Waals surface area contributed by atoms with Crippen LogP contribution in [0.1, 0.15) is 19.3 Å². The van der Waals surface area contributed by atoms with E-state index in [0.717, 1.165) is 0 Å². The third-order valence-electron chi connectivity index (χ3n) is 2.07. The van der Waals surface area contributed by atoms with Gasteiger partial charge in [-0.25, -0.2) is 5.48 Å². The van der Waals surface area contributed by atoms with E-state index in [1.54, 1.807) is 18.5 Å². The van der Waals surface area contributed by atoms with E-state index in [0.29, 0.717) is 0 Å². The molecule has 2 aliphatic rings. The normalized spacial score (nSPS) is 21.0. The van der Waals surface area contributed by atoms with E-state index < -0.39 is 0 Å². The summed E-state index contributed by atoms with van der Waals surface area (Å²) < 4.78 is 0. The fourth-order valence-corrected chi connectivity index (χ4v) is 1.31. The van der Waals surface area contributed by atoms with E-state index in [1.165, 1.54) is 32.4 Å². The topological polar surface area (TPSA) is 24.5 Å². The standard InChI is InChI=1S/C6H13N.C4H5NO/c1-7-5-3-2-4-6-7;1-2-4-6-5-3-1/h2-6H2,1H3;1-5H. The fourth-order valence-electron chi connectivity index (χ4n) is 1.31. The molecule has 2 aliphatic heterocycles. The molecule has 0 atom stereocenters. The van der Waals surface area contributed by atoms with Crippen molar-refractivity contribution in [1.82, 2.24) is 10.4 Å². The lowest BCUT2D eigenvalue weighted by Crippen LogP contribution is -2.24. The summed E-state index contributed by atoms with van der Waals surface area (Å²) in [5.74, 6) is 0. The number of rotatable bonds is 0. The Morgan fingerprint density at radius 2 is 1.92 bits per heavy atom. The average molecular weight is 182 g/mol. The van der Waals surface area contributed by atoms with Gasteiger partial charge in [-0.1, -0.05) is 6.42 Å². The first-order chi connectivity index (χ1) is 6.39. The molecule has 0 spiro atoms. The van der Waals surface area contributed by atoms with Gasteiger partial charge in [0.25, 0.3) is 0 Å². The van der Waals surface area contributed by atoms with E-state index in [4.69, 9.17) is 0 Å². The van der Waals surface area contributed by atoms with Crippen molar-refractivity contribution in [2.75, 3.05) is 20.1 Å². The van der Waals surface area contributed by atoms with Crippen molar-refractivity contribution in [3.05, 3.63) is 24.6 Å². The number of nitrogens with one attached hydrogen (secondary N) is 1. The molecular weight excluding hydrogens is 164 g/mol.